The molecule has 5 nitrogen and oxygen atoms in total. The summed E-state index contributed by atoms with van der Waals surface area (Å²) >= 11 is 6.72. The molecular formula is C21H21NO4S2. The van der Waals surface area contributed by atoms with E-state index < -0.39 is 0 Å². The second kappa shape index (κ2) is 9.12. The van der Waals surface area contributed by atoms with E-state index in [2.05, 4.69) is 0 Å². The van der Waals surface area contributed by atoms with Crippen molar-refractivity contribution in [1.82, 2.24) is 0 Å². The Morgan fingerprint density at radius 2 is 1.79 bits per heavy atom. The van der Waals surface area contributed by atoms with E-state index in [1.54, 1.807) is 13.2 Å². The number of methoxy groups -OCH3 is 1. The third kappa shape index (κ3) is 4.15. The molecule has 1 fully saturated rings. The predicted molar refractivity (Wildman–Crippen MR) is 117 cm³/mol. The van der Waals surface area contributed by atoms with Crippen LogP contribution in [0.1, 0.15) is 19.4 Å². The molecule has 2 aromatic rings. The SMILES string of the molecule is CCOc1ccc(N2C(=O)/C(=C\c3cccc(OC)c3OCC)SC2=S)cc1. The Hall–Kier alpha value is -2.51. The third-order valence-corrected chi connectivity index (χ3v) is 5.31. The van der Waals surface area contributed by atoms with E-state index in [1.807, 2.05) is 56.3 Å². The molecule has 28 heavy (non-hydrogen) atoms. The van der Waals surface area contributed by atoms with Gasteiger partial charge in [0, 0.05) is 5.56 Å². The van der Waals surface area contributed by atoms with Crippen LogP contribution in [-0.4, -0.2) is 30.6 Å². The van der Waals surface area contributed by atoms with Crippen LogP contribution in [0.15, 0.2) is 47.4 Å². The quantitative estimate of drug-likeness (QED) is 0.474. The predicted octanol–water partition coefficient (Wildman–Crippen LogP) is 4.90. The molecule has 0 bridgehead atoms. The largest absolute Gasteiger partial charge is 0.494 e. The second-order valence-electron chi connectivity index (χ2n) is 5.76. The Morgan fingerprint density at radius 1 is 1.07 bits per heavy atom. The molecule has 1 heterocycles. The number of thioether (sulfide) groups is 1. The lowest BCUT2D eigenvalue weighted by molar-refractivity contribution is -0.113. The van der Waals surface area contributed by atoms with Gasteiger partial charge in [-0.25, -0.2) is 0 Å². The van der Waals surface area contributed by atoms with Crippen LogP contribution in [0.2, 0.25) is 0 Å². The van der Waals surface area contributed by atoms with E-state index in [0.29, 0.717) is 39.6 Å². The number of benzene rings is 2. The van der Waals surface area contributed by atoms with E-state index in [1.165, 1.54) is 16.7 Å². The van der Waals surface area contributed by atoms with Crippen molar-refractivity contribution in [3.05, 3.63) is 52.9 Å². The zero-order valence-corrected chi connectivity index (χ0v) is 17.6. The number of rotatable bonds is 7. The number of para-hydroxylation sites is 1. The number of hydrogen-bond donors (Lipinski definition) is 0. The Bertz CT molecular complexity index is 909. The second-order valence-corrected chi connectivity index (χ2v) is 7.43. The van der Waals surface area contributed by atoms with Crippen molar-refractivity contribution < 1.29 is 19.0 Å². The van der Waals surface area contributed by atoms with Gasteiger partial charge in [0.05, 0.1) is 30.9 Å². The molecule has 2 aromatic carbocycles. The number of thiocarbonyl (C=S) groups is 1. The summed E-state index contributed by atoms with van der Waals surface area (Å²) in [6.45, 7) is 4.91. The standard InChI is InChI=1S/C21H21NO4S2/c1-4-25-16-11-9-15(10-12-16)22-20(23)18(28-21(22)27)13-14-7-6-8-17(24-3)19(14)26-5-2/h6-13H,4-5H2,1-3H3/b18-13+. The Morgan fingerprint density at radius 3 is 2.43 bits per heavy atom. The first-order valence-corrected chi connectivity index (χ1v) is 10.1. The van der Waals surface area contributed by atoms with Gasteiger partial charge >= 0.3 is 0 Å². The number of anilines is 1. The average Bonchev–Trinajstić information content (AvgIpc) is 2.97. The molecule has 0 radical (unpaired) electrons. The molecule has 0 aromatic heterocycles. The number of hydrogen-bond acceptors (Lipinski definition) is 6. The first-order chi connectivity index (χ1) is 13.6. The van der Waals surface area contributed by atoms with Gasteiger partial charge in [0.25, 0.3) is 5.91 Å². The summed E-state index contributed by atoms with van der Waals surface area (Å²) < 4.78 is 17.1. The summed E-state index contributed by atoms with van der Waals surface area (Å²) in [4.78, 5) is 15.1. The number of nitrogens with zero attached hydrogens (tertiary/aromatic N) is 1. The van der Waals surface area contributed by atoms with Crippen molar-refractivity contribution >= 4 is 46.0 Å². The molecular weight excluding hydrogens is 394 g/mol. The minimum atomic E-state index is -0.163. The lowest BCUT2D eigenvalue weighted by Gasteiger charge is -2.15. The van der Waals surface area contributed by atoms with Gasteiger partial charge in [-0.2, -0.15) is 0 Å². The third-order valence-electron chi connectivity index (χ3n) is 4.00. The highest BCUT2D eigenvalue weighted by atomic mass is 32.2. The molecule has 0 aliphatic carbocycles. The number of ether oxygens (including phenoxy) is 3. The van der Waals surface area contributed by atoms with E-state index in [9.17, 15) is 4.79 Å². The first kappa shape index (κ1) is 20.2. The fraction of sp³-hybridized carbons (Fsp3) is 0.238. The van der Waals surface area contributed by atoms with E-state index in [0.717, 1.165) is 11.3 Å². The van der Waals surface area contributed by atoms with Crippen LogP contribution in [0.25, 0.3) is 6.08 Å². The van der Waals surface area contributed by atoms with Gasteiger partial charge in [0.2, 0.25) is 0 Å². The molecule has 7 heteroatoms. The number of carbonyl (C=O) groups is 1. The van der Waals surface area contributed by atoms with Crippen molar-refractivity contribution in [1.29, 1.82) is 0 Å². The van der Waals surface area contributed by atoms with Gasteiger partial charge in [0.15, 0.2) is 15.8 Å². The summed E-state index contributed by atoms with van der Waals surface area (Å²) in [5, 5.41) is 0. The lowest BCUT2D eigenvalue weighted by atomic mass is 10.1. The van der Waals surface area contributed by atoms with E-state index in [-0.39, 0.29) is 5.91 Å². The molecule has 1 aliphatic rings. The highest BCUT2D eigenvalue weighted by molar-refractivity contribution is 8.27. The fourth-order valence-corrected chi connectivity index (χ4v) is 4.09. The summed E-state index contributed by atoms with van der Waals surface area (Å²) in [6, 6.07) is 12.9. The molecule has 3 rings (SSSR count). The van der Waals surface area contributed by atoms with Crippen LogP contribution in [0, 0.1) is 0 Å². The van der Waals surface area contributed by atoms with Crippen molar-refractivity contribution in [2.24, 2.45) is 0 Å². The Kier molecular flexibility index (Phi) is 6.59. The zero-order valence-electron chi connectivity index (χ0n) is 15.9. The van der Waals surface area contributed by atoms with Gasteiger partial charge in [-0.05, 0) is 50.3 Å². The minimum Gasteiger partial charge on any atom is -0.494 e. The van der Waals surface area contributed by atoms with Crippen molar-refractivity contribution in [2.75, 3.05) is 25.2 Å². The minimum absolute atomic E-state index is 0.163. The summed E-state index contributed by atoms with van der Waals surface area (Å²) in [6.07, 6.45) is 1.79. The molecule has 1 saturated heterocycles. The topological polar surface area (TPSA) is 48.0 Å². The van der Waals surface area contributed by atoms with Crippen LogP contribution in [0.5, 0.6) is 17.2 Å². The highest BCUT2D eigenvalue weighted by Gasteiger charge is 2.33. The summed E-state index contributed by atoms with van der Waals surface area (Å²) in [7, 11) is 1.59. The van der Waals surface area contributed by atoms with Gasteiger partial charge in [0.1, 0.15) is 5.75 Å². The zero-order chi connectivity index (χ0) is 20.1. The maximum Gasteiger partial charge on any atom is 0.270 e. The van der Waals surface area contributed by atoms with Crippen LogP contribution in [-0.2, 0) is 4.79 Å². The van der Waals surface area contributed by atoms with Crippen molar-refractivity contribution in [3.8, 4) is 17.2 Å². The Labute approximate surface area is 174 Å². The molecule has 0 saturated carbocycles. The Balaban J connectivity index is 1.91. The molecule has 0 N–H and O–H groups in total. The number of amides is 1. The van der Waals surface area contributed by atoms with Crippen LogP contribution in [0.3, 0.4) is 0 Å². The summed E-state index contributed by atoms with van der Waals surface area (Å²) in [5.41, 5.74) is 1.48. The molecule has 0 unspecified atom stereocenters. The normalized spacial score (nSPS) is 15.2. The molecule has 146 valence electrons. The van der Waals surface area contributed by atoms with Crippen LogP contribution in [0.4, 0.5) is 5.69 Å². The van der Waals surface area contributed by atoms with Gasteiger partial charge in [-0.15, -0.1) is 0 Å². The molecule has 1 amide bonds. The van der Waals surface area contributed by atoms with Crippen LogP contribution >= 0.6 is 24.0 Å². The fourth-order valence-electron chi connectivity index (χ4n) is 2.80. The molecule has 0 spiro atoms. The molecule has 0 atom stereocenters. The monoisotopic (exact) mass is 415 g/mol. The maximum absolute atomic E-state index is 13.0. The number of carbonyl (C=O) groups excluding carboxylic acids is 1. The maximum atomic E-state index is 13.0. The summed E-state index contributed by atoms with van der Waals surface area (Å²) in [5.74, 6) is 1.82. The molecule has 1 aliphatic heterocycles. The lowest BCUT2D eigenvalue weighted by Crippen LogP contribution is -2.27. The van der Waals surface area contributed by atoms with Crippen LogP contribution < -0.4 is 19.1 Å². The smallest absolute Gasteiger partial charge is 0.270 e. The van der Waals surface area contributed by atoms with Gasteiger partial charge in [-0.1, -0.05) is 36.1 Å². The average molecular weight is 416 g/mol. The van der Waals surface area contributed by atoms with Gasteiger partial charge < -0.3 is 14.2 Å². The van der Waals surface area contributed by atoms with Crippen molar-refractivity contribution in [2.45, 2.75) is 13.8 Å². The van der Waals surface area contributed by atoms with Gasteiger partial charge in [-0.3, -0.25) is 9.69 Å². The first-order valence-electron chi connectivity index (χ1n) is 8.89. The van der Waals surface area contributed by atoms with E-state index >= 15 is 0 Å². The highest BCUT2D eigenvalue weighted by Crippen LogP contribution is 2.39. The van der Waals surface area contributed by atoms with Crippen molar-refractivity contribution in [3.63, 3.8) is 0 Å². The van der Waals surface area contributed by atoms with E-state index in [4.69, 9.17) is 26.4 Å².